The Labute approximate surface area is 181 Å². The molecule has 1 aliphatic rings. The number of nitrogens with zero attached hydrogens (tertiary/aromatic N) is 2. The predicted molar refractivity (Wildman–Crippen MR) is 113 cm³/mol. The number of carbonyl (C=O) groups is 2. The van der Waals surface area contributed by atoms with Crippen LogP contribution in [0.4, 0.5) is 13.2 Å². The van der Waals surface area contributed by atoms with Crippen molar-refractivity contribution in [3.63, 3.8) is 0 Å². The smallest absolute Gasteiger partial charge is 0.292 e. The molecule has 3 aromatic rings. The second kappa shape index (κ2) is 8.99. The van der Waals surface area contributed by atoms with E-state index in [1.807, 2.05) is 0 Å². The Hall–Kier alpha value is -4.04. The van der Waals surface area contributed by atoms with Crippen LogP contribution in [0.3, 0.4) is 0 Å². The Kier molecular flexibility index (Phi) is 5.96. The molecule has 0 radical (unpaired) electrons. The normalized spacial score (nSPS) is 14.7. The molecule has 1 amide bonds. The molecule has 0 aliphatic carbocycles. The van der Waals surface area contributed by atoms with Crippen molar-refractivity contribution in [3.05, 3.63) is 113 Å². The summed E-state index contributed by atoms with van der Waals surface area (Å²) in [6.07, 6.45) is 1.18. The Morgan fingerprint density at radius 3 is 2.31 bits per heavy atom. The lowest BCUT2D eigenvalue weighted by molar-refractivity contribution is -0.124. The van der Waals surface area contributed by atoms with E-state index in [9.17, 15) is 22.8 Å². The number of amides is 1. The number of benzene rings is 3. The molecule has 0 bridgehead atoms. The van der Waals surface area contributed by atoms with Gasteiger partial charge in [-0.2, -0.15) is 0 Å². The molecule has 1 aliphatic heterocycles. The second-order valence-electron chi connectivity index (χ2n) is 6.90. The molecule has 8 heteroatoms. The maximum atomic E-state index is 14.1. The van der Waals surface area contributed by atoms with Gasteiger partial charge in [0.05, 0.1) is 6.54 Å². The highest BCUT2D eigenvalue weighted by atomic mass is 19.1. The highest BCUT2D eigenvalue weighted by molar-refractivity contribution is 6.19. The van der Waals surface area contributed by atoms with Crippen LogP contribution in [-0.4, -0.2) is 29.1 Å². The van der Waals surface area contributed by atoms with Gasteiger partial charge in [-0.3, -0.25) is 9.59 Å². The SMILES string of the molecule is O=C(CNN1C(=O)/C(=C/c2ccc(F)cc2F)N=C1c1ccc(F)cc1)c1ccccc1. The summed E-state index contributed by atoms with van der Waals surface area (Å²) in [6, 6.07) is 16.7. The van der Waals surface area contributed by atoms with E-state index in [2.05, 4.69) is 10.4 Å². The number of carbonyl (C=O) groups excluding carboxylic acids is 2. The largest absolute Gasteiger partial charge is 0.293 e. The molecule has 0 saturated carbocycles. The van der Waals surface area contributed by atoms with Gasteiger partial charge in [0.1, 0.15) is 23.1 Å². The van der Waals surface area contributed by atoms with E-state index in [-0.39, 0.29) is 29.4 Å². The van der Waals surface area contributed by atoms with Gasteiger partial charge >= 0.3 is 0 Å². The standard InChI is InChI=1S/C24H16F3N3O2/c25-18-9-6-16(7-10-18)23-29-21(12-17-8-11-19(26)13-20(17)27)24(32)30(23)28-14-22(31)15-4-2-1-3-5-15/h1-13,28H,14H2/b21-12-. The van der Waals surface area contributed by atoms with Crippen LogP contribution in [0.2, 0.25) is 0 Å². The Morgan fingerprint density at radius 2 is 1.62 bits per heavy atom. The fraction of sp³-hybridized carbons (Fsp3) is 0.0417. The van der Waals surface area contributed by atoms with Gasteiger partial charge in [0.15, 0.2) is 11.6 Å². The lowest BCUT2D eigenvalue weighted by Gasteiger charge is -2.19. The molecule has 0 spiro atoms. The number of hydrogen-bond acceptors (Lipinski definition) is 4. The quantitative estimate of drug-likeness (QED) is 0.468. The van der Waals surface area contributed by atoms with Gasteiger partial charge in [-0.15, -0.1) is 0 Å². The van der Waals surface area contributed by atoms with Gasteiger partial charge in [0.2, 0.25) is 0 Å². The summed E-state index contributed by atoms with van der Waals surface area (Å²) < 4.78 is 40.6. The zero-order valence-corrected chi connectivity index (χ0v) is 16.6. The molecule has 0 fully saturated rings. The summed E-state index contributed by atoms with van der Waals surface area (Å²) in [6.45, 7) is -0.214. The maximum absolute atomic E-state index is 14.1. The van der Waals surface area contributed by atoms with E-state index in [1.54, 1.807) is 30.3 Å². The summed E-state index contributed by atoms with van der Waals surface area (Å²) in [7, 11) is 0. The fourth-order valence-electron chi connectivity index (χ4n) is 3.10. The molecule has 0 unspecified atom stereocenters. The van der Waals surface area contributed by atoms with Crippen molar-refractivity contribution in [2.24, 2.45) is 4.99 Å². The van der Waals surface area contributed by atoms with Crippen LogP contribution in [0.5, 0.6) is 0 Å². The predicted octanol–water partition coefficient (Wildman–Crippen LogP) is 4.12. The first-order chi connectivity index (χ1) is 15.4. The zero-order valence-electron chi connectivity index (χ0n) is 16.6. The van der Waals surface area contributed by atoms with Gasteiger partial charge in [0.25, 0.3) is 5.91 Å². The molecule has 1 heterocycles. The minimum Gasteiger partial charge on any atom is -0.293 e. The molecule has 3 aromatic carbocycles. The van der Waals surface area contributed by atoms with Crippen molar-refractivity contribution in [1.29, 1.82) is 0 Å². The third kappa shape index (κ3) is 4.50. The summed E-state index contributed by atoms with van der Waals surface area (Å²) in [4.78, 5) is 29.7. The molecule has 32 heavy (non-hydrogen) atoms. The molecule has 0 atom stereocenters. The highest BCUT2D eigenvalue weighted by Crippen LogP contribution is 2.22. The zero-order chi connectivity index (χ0) is 22.7. The van der Waals surface area contributed by atoms with Crippen molar-refractivity contribution >= 4 is 23.6 Å². The fourth-order valence-corrected chi connectivity index (χ4v) is 3.10. The second-order valence-corrected chi connectivity index (χ2v) is 6.90. The molecular weight excluding hydrogens is 419 g/mol. The number of hydrogen-bond donors (Lipinski definition) is 1. The van der Waals surface area contributed by atoms with E-state index in [0.29, 0.717) is 17.2 Å². The maximum Gasteiger partial charge on any atom is 0.292 e. The van der Waals surface area contributed by atoms with Crippen molar-refractivity contribution in [2.45, 2.75) is 0 Å². The van der Waals surface area contributed by atoms with Gasteiger partial charge in [0, 0.05) is 22.8 Å². The van der Waals surface area contributed by atoms with Crippen LogP contribution in [-0.2, 0) is 4.79 Å². The third-order valence-electron chi connectivity index (χ3n) is 4.71. The molecule has 0 saturated heterocycles. The molecule has 5 nitrogen and oxygen atoms in total. The number of hydrazine groups is 1. The summed E-state index contributed by atoms with van der Waals surface area (Å²) >= 11 is 0. The van der Waals surface area contributed by atoms with Gasteiger partial charge in [-0.25, -0.2) is 28.6 Å². The van der Waals surface area contributed by atoms with E-state index in [0.717, 1.165) is 11.1 Å². The Balaban J connectivity index is 1.65. The lowest BCUT2D eigenvalue weighted by Crippen LogP contribution is -2.46. The molecule has 0 aromatic heterocycles. The van der Waals surface area contributed by atoms with Crippen LogP contribution in [0.25, 0.3) is 6.08 Å². The van der Waals surface area contributed by atoms with Crippen molar-refractivity contribution < 1.29 is 22.8 Å². The average molecular weight is 435 g/mol. The molecule has 160 valence electrons. The summed E-state index contributed by atoms with van der Waals surface area (Å²) in [5, 5.41) is 1.06. The summed E-state index contributed by atoms with van der Waals surface area (Å²) in [5.41, 5.74) is 3.45. The highest BCUT2D eigenvalue weighted by Gasteiger charge is 2.32. The van der Waals surface area contributed by atoms with Gasteiger partial charge < -0.3 is 0 Å². The first-order valence-corrected chi connectivity index (χ1v) is 9.60. The molecular formula is C24H16F3N3O2. The number of halogens is 3. The van der Waals surface area contributed by atoms with Crippen LogP contribution in [0.15, 0.2) is 83.5 Å². The lowest BCUT2D eigenvalue weighted by atomic mass is 10.1. The van der Waals surface area contributed by atoms with Crippen LogP contribution in [0, 0.1) is 17.5 Å². The topological polar surface area (TPSA) is 61.8 Å². The number of aliphatic imine (C=N–C) groups is 1. The van der Waals surface area contributed by atoms with Crippen molar-refractivity contribution in [2.75, 3.05) is 6.54 Å². The van der Waals surface area contributed by atoms with Crippen molar-refractivity contribution in [1.82, 2.24) is 10.4 Å². The number of amidine groups is 1. The minimum atomic E-state index is -0.852. The monoisotopic (exact) mass is 435 g/mol. The van der Waals surface area contributed by atoms with Crippen LogP contribution in [0.1, 0.15) is 21.5 Å². The van der Waals surface area contributed by atoms with E-state index in [1.165, 1.54) is 36.4 Å². The average Bonchev–Trinajstić information content (AvgIpc) is 3.10. The third-order valence-corrected chi connectivity index (χ3v) is 4.71. The number of rotatable bonds is 6. The van der Waals surface area contributed by atoms with Crippen LogP contribution >= 0.6 is 0 Å². The van der Waals surface area contributed by atoms with Gasteiger partial charge in [-0.05, 0) is 42.5 Å². The number of Topliss-reactive ketones (excluding diaryl/α,β-unsaturated/α-hetero) is 1. The van der Waals surface area contributed by atoms with Crippen molar-refractivity contribution in [3.8, 4) is 0 Å². The van der Waals surface area contributed by atoms with E-state index in [4.69, 9.17) is 0 Å². The van der Waals surface area contributed by atoms with Gasteiger partial charge in [-0.1, -0.05) is 30.3 Å². The Bertz CT molecular complexity index is 1240. The number of ketones is 1. The Morgan fingerprint density at radius 1 is 0.938 bits per heavy atom. The van der Waals surface area contributed by atoms with E-state index < -0.39 is 23.4 Å². The van der Waals surface area contributed by atoms with E-state index >= 15 is 0 Å². The summed E-state index contributed by atoms with van der Waals surface area (Å²) in [5.74, 6) is -2.87. The number of nitrogens with one attached hydrogen (secondary N) is 1. The molecule has 1 N–H and O–H groups in total. The van der Waals surface area contributed by atoms with Crippen LogP contribution < -0.4 is 5.43 Å². The first-order valence-electron chi connectivity index (χ1n) is 9.60. The minimum absolute atomic E-state index is 0.0285. The first kappa shape index (κ1) is 21.2. The molecule has 4 rings (SSSR count).